The van der Waals surface area contributed by atoms with E-state index in [0.29, 0.717) is 12.0 Å². The Bertz CT molecular complexity index is 384. The largest absolute Gasteiger partial charge is 0.490 e. The van der Waals surface area contributed by atoms with E-state index >= 15 is 0 Å². The lowest BCUT2D eigenvalue weighted by molar-refractivity contribution is 0.168. The summed E-state index contributed by atoms with van der Waals surface area (Å²) in [5.74, 6) is 1.74. The third-order valence-corrected chi connectivity index (χ3v) is 3.82. The summed E-state index contributed by atoms with van der Waals surface area (Å²) in [6, 6.07) is 6.41. The van der Waals surface area contributed by atoms with Gasteiger partial charge >= 0.3 is 0 Å². The molecule has 0 aromatic heterocycles. The summed E-state index contributed by atoms with van der Waals surface area (Å²) in [4.78, 5) is 0. The van der Waals surface area contributed by atoms with E-state index in [1.807, 2.05) is 0 Å². The van der Waals surface area contributed by atoms with Crippen molar-refractivity contribution in [1.29, 1.82) is 0 Å². The highest BCUT2D eigenvalue weighted by molar-refractivity contribution is 6.18. The molecule has 0 aliphatic carbocycles. The molecular formula is C14H19ClO. The average molecular weight is 239 g/mol. The van der Waals surface area contributed by atoms with Gasteiger partial charge in [0.1, 0.15) is 11.9 Å². The highest BCUT2D eigenvalue weighted by atomic mass is 35.5. The minimum atomic E-state index is 0.156. The van der Waals surface area contributed by atoms with Crippen molar-refractivity contribution < 1.29 is 4.74 Å². The molecule has 1 heterocycles. The number of aryl methyl sites for hydroxylation is 1. The van der Waals surface area contributed by atoms with E-state index in [1.54, 1.807) is 0 Å². The molecule has 0 amide bonds. The van der Waals surface area contributed by atoms with Crippen LogP contribution in [0.2, 0.25) is 0 Å². The molecule has 16 heavy (non-hydrogen) atoms. The normalized spacial score (nSPS) is 19.4. The maximum absolute atomic E-state index is 5.95. The Morgan fingerprint density at radius 3 is 2.88 bits per heavy atom. The molecule has 0 fully saturated rings. The third kappa shape index (κ3) is 2.52. The van der Waals surface area contributed by atoms with E-state index in [2.05, 4.69) is 39.0 Å². The van der Waals surface area contributed by atoms with Gasteiger partial charge in [0.2, 0.25) is 0 Å². The second-order valence-electron chi connectivity index (χ2n) is 5.56. The predicted molar refractivity (Wildman–Crippen MR) is 68.4 cm³/mol. The number of rotatable bonds is 3. The summed E-state index contributed by atoms with van der Waals surface area (Å²) in [6.45, 7) is 6.51. The third-order valence-electron chi connectivity index (χ3n) is 3.10. The minimum Gasteiger partial charge on any atom is -0.490 e. The first kappa shape index (κ1) is 11.8. The van der Waals surface area contributed by atoms with Crippen molar-refractivity contribution in [1.82, 2.24) is 0 Å². The summed E-state index contributed by atoms with van der Waals surface area (Å²) in [5.41, 5.74) is 2.80. The van der Waals surface area contributed by atoms with Crippen LogP contribution in [0.25, 0.3) is 0 Å². The van der Waals surface area contributed by atoms with Crippen LogP contribution >= 0.6 is 11.6 Å². The molecule has 0 bridgehead atoms. The smallest absolute Gasteiger partial charge is 0.123 e. The van der Waals surface area contributed by atoms with Gasteiger partial charge in [-0.15, -0.1) is 11.6 Å². The average Bonchev–Trinajstić information content (AvgIpc) is 2.58. The first-order chi connectivity index (χ1) is 7.50. The van der Waals surface area contributed by atoms with Crippen molar-refractivity contribution in [3.8, 4) is 5.75 Å². The monoisotopic (exact) mass is 238 g/mol. The van der Waals surface area contributed by atoms with Crippen LogP contribution in [0.15, 0.2) is 18.2 Å². The molecule has 0 saturated carbocycles. The molecule has 1 nitrogen and oxygen atoms in total. The van der Waals surface area contributed by atoms with Crippen LogP contribution in [0.4, 0.5) is 0 Å². The number of halogens is 1. The van der Waals surface area contributed by atoms with Gasteiger partial charge in [-0.1, -0.05) is 31.5 Å². The molecule has 0 saturated heterocycles. The fraction of sp³-hybridized carbons (Fsp3) is 0.571. The Morgan fingerprint density at radius 2 is 2.19 bits per heavy atom. The molecular weight excluding hydrogens is 220 g/mol. The van der Waals surface area contributed by atoms with Crippen molar-refractivity contribution >= 4 is 11.6 Å². The quantitative estimate of drug-likeness (QED) is 0.725. The van der Waals surface area contributed by atoms with Gasteiger partial charge in [-0.05, 0) is 30.4 Å². The number of alkyl halides is 1. The molecule has 1 aromatic rings. The zero-order valence-electron chi connectivity index (χ0n) is 10.2. The molecule has 88 valence electrons. The minimum absolute atomic E-state index is 0.156. The van der Waals surface area contributed by atoms with Crippen LogP contribution < -0.4 is 4.74 Å². The summed E-state index contributed by atoms with van der Waals surface area (Å²) in [6.07, 6.45) is 2.34. The van der Waals surface area contributed by atoms with Crippen molar-refractivity contribution in [2.75, 3.05) is 5.88 Å². The van der Waals surface area contributed by atoms with E-state index in [1.165, 1.54) is 11.1 Å². The molecule has 1 atom stereocenters. The molecule has 2 rings (SSSR count). The second kappa shape index (κ2) is 4.29. The molecule has 2 heteroatoms. The van der Waals surface area contributed by atoms with Gasteiger partial charge in [-0.3, -0.25) is 0 Å². The lowest BCUT2D eigenvalue weighted by atomic mass is 9.87. The standard InChI is InChI=1S/C14H19ClO/c1-10-4-5-13-11(6-10)7-12(16-13)8-14(2,3)9-15/h4-6,12H,7-9H2,1-3H3. The zero-order valence-corrected chi connectivity index (χ0v) is 11.0. The SMILES string of the molecule is Cc1ccc2c(c1)CC(CC(C)(C)CCl)O2. The Morgan fingerprint density at radius 1 is 1.44 bits per heavy atom. The van der Waals surface area contributed by atoms with Crippen molar-refractivity contribution in [2.24, 2.45) is 5.41 Å². The maximum Gasteiger partial charge on any atom is 0.123 e. The summed E-state index contributed by atoms with van der Waals surface area (Å²) in [5, 5.41) is 0. The Balaban J connectivity index is 2.06. The van der Waals surface area contributed by atoms with Crippen molar-refractivity contribution in [2.45, 2.75) is 39.7 Å². The molecule has 0 N–H and O–H groups in total. The van der Waals surface area contributed by atoms with Gasteiger partial charge in [-0.2, -0.15) is 0 Å². The fourth-order valence-corrected chi connectivity index (χ4v) is 2.34. The fourth-order valence-electron chi connectivity index (χ4n) is 2.23. The van der Waals surface area contributed by atoms with E-state index in [-0.39, 0.29) is 5.41 Å². The lowest BCUT2D eigenvalue weighted by Gasteiger charge is -2.24. The van der Waals surface area contributed by atoms with Crippen LogP contribution in [0.3, 0.4) is 0 Å². The van der Waals surface area contributed by atoms with Crippen molar-refractivity contribution in [3.63, 3.8) is 0 Å². The Labute approximate surface area is 103 Å². The van der Waals surface area contributed by atoms with Gasteiger partial charge in [0.05, 0.1) is 0 Å². The van der Waals surface area contributed by atoms with Crippen LogP contribution in [-0.2, 0) is 6.42 Å². The van der Waals surface area contributed by atoms with Gasteiger partial charge in [0.25, 0.3) is 0 Å². The Kier molecular flexibility index (Phi) is 3.16. The Hall–Kier alpha value is -0.690. The molecule has 1 unspecified atom stereocenters. The van der Waals surface area contributed by atoms with Gasteiger partial charge in [0, 0.05) is 12.3 Å². The van der Waals surface area contributed by atoms with Crippen LogP contribution in [0.5, 0.6) is 5.75 Å². The van der Waals surface area contributed by atoms with Gasteiger partial charge in [0.15, 0.2) is 0 Å². The van der Waals surface area contributed by atoms with E-state index < -0.39 is 0 Å². The summed E-state index contributed by atoms with van der Waals surface area (Å²) < 4.78 is 5.94. The van der Waals surface area contributed by atoms with Crippen LogP contribution in [0.1, 0.15) is 31.4 Å². The molecule has 1 aliphatic heterocycles. The van der Waals surface area contributed by atoms with Gasteiger partial charge < -0.3 is 4.74 Å². The summed E-state index contributed by atoms with van der Waals surface area (Å²) >= 11 is 5.95. The molecule has 0 spiro atoms. The first-order valence-corrected chi connectivity index (χ1v) is 6.36. The second-order valence-corrected chi connectivity index (χ2v) is 5.82. The topological polar surface area (TPSA) is 9.23 Å². The predicted octanol–water partition coefficient (Wildman–Crippen LogP) is 3.95. The van der Waals surface area contributed by atoms with Gasteiger partial charge in [-0.25, -0.2) is 0 Å². The van der Waals surface area contributed by atoms with E-state index in [0.717, 1.165) is 18.6 Å². The lowest BCUT2D eigenvalue weighted by Crippen LogP contribution is -2.25. The highest BCUT2D eigenvalue weighted by Gasteiger charge is 2.29. The maximum atomic E-state index is 5.95. The summed E-state index contributed by atoms with van der Waals surface area (Å²) in [7, 11) is 0. The van der Waals surface area contributed by atoms with E-state index in [9.17, 15) is 0 Å². The first-order valence-electron chi connectivity index (χ1n) is 5.82. The number of fused-ring (bicyclic) bond motifs is 1. The van der Waals surface area contributed by atoms with E-state index in [4.69, 9.17) is 16.3 Å². The number of benzene rings is 1. The number of hydrogen-bond donors (Lipinski definition) is 0. The highest BCUT2D eigenvalue weighted by Crippen LogP contribution is 2.35. The number of ether oxygens (including phenoxy) is 1. The zero-order chi connectivity index (χ0) is 11.8. The molecule has 1 aromatic carbocycles. The van der Waals surface area contributed by atoms with Crippen LogP contribution in [0, 0.1) is 12.3 Å². The number of hydrogen-bond acceptors (Lipinski definition) is 1. The molecule has 1 aliphatic rings. The molecule has 0 radical (unpaired) electrons. The van der Waals surface area contributed by atoms with Crippen molar-refractivity contribution in [3.05, 3.63) is 29.3 Å². The van der Waals surface area contributed by atoms with Crippen LogP contribution in [-0.4, -0.2) is 12.0 Å².